The molecule has 1 atom stereocenters. The number of nitro groups is 1. The van der Waals surface area contributed by atoms with Gasteiger partial charge in [0.05, 0.1) is 11.0 Å². The molecule has 114 valence electrons. The molecule has 0 fully saturated rings. The van der Waals surface area contributed by atoms with Gasteiger partial charge in [-0.25, -0.2) is 4.68 Å². The summed E-state index contributed by atoms with van der Waals surface area (Å²) in [5, 5.41) is 18.7. The lowest BCUT2D eigenvalue weighted by atomic mass is 10.1. The number of hydrogen-bond acceptors (Lipinski definition) is 5. The summed E-state index contributed by atoms with van der Waals surface area (Å²) in [4.78, 5) is 10.9. The molecule has 2 heterocycles. The Morgan fingerprint density at radius 1 is 1.48 bits per heavy atom. The number of aryl methyl sites for hydroxylation is 4. The molecule has 0 saturated carbocycles. The van der Waals surface area contributed by atoms with Gasteiger partial charge in [0.1, 0.15) is 17.2 Å². The summed E-state index contributed by atoms with van der Waals surface area (Å²) < 4.78 is 7.13. The van der Waals surface area contributed by atoms with Crippen LogP contribution in [0.3, 0.4) is 0 Å². The molecule has 2 aromatic rings. The van der Waals surface area contributed by atoms with E-state index in [4.69, 9.17) is 4.42 Å². The fourth-order valence-electron chi connectivity index (χ4n) is 2.53. The predicted octanol–water partition coefficient (Wildman–Crippen LogP) is 3.50. The Kier molecular flexibility index (Phi) is 4.02. The Labute approximate surface area is 123 Å². The van der Waals surface area contributed by atoms with Crippen molar-refractivity contribution in [2.45, 2.75) is 47.2 Å². The standard InChI is InChI=1S/C14H20N4O3/c1-6-17-14(13(18(19)20)10(4)16-17)15-9(3)12-7-8(2)21-11(12)5/h7,9,15H,6H2,1-5H3. The SMILES string of the molecule is CCn1nc(C)c([N+](=O)[O-])c1NC(C)c1cc(C)oc1C. The molecule has 0 radical (unpaired) electrons. The van der Waals surface area contributed by atoms with Crippen molar-refractivity contribution in [2.75, 3.05) is 5.32 Å². The van der Waals surface area contributed by atoms with E-state index in [1.807, 2.05) is 33.8 Å². The maximum Gasteiger partial charge on any atom is 0.333 e. The number of nitrogens with zero attached hydrogens (tertiary/aromatic N) is 3. The number of aromatic nitrogens is 2. The van der Waals surface area contributed by atoms with Crippen LogP contribution in [-0.2, 0) is 6.54 Å². The average Bonchev–Trinajstić information content (AvgIpc) is 2.89. The Morgan fingerprint density at radius 2 is 2.14 bits per heavy atom. The zero-order valence-electron chi connectivity index (χ0n) is 12.9. The van der Waals surface area contributed by atoms with Crippen LogP contribution in [0.1, 0.15) is 42.7 Å². The highest BCUT2D eigenvalue weighted by atomic mass is 16.6. The summed E-state index contributed by atoms with van der Waals surface area (Å²) in [7, 11) is 0. The molecular weight excluding hydrogens is 272 g/mol. The highest BCUT2D eigenvalue weighted by molar-refractivity contribution is 5.60. The van der Waals surface area contributed by atoms with Crippen LogP contribution in [0.2, 0.25) is 0 Å². The number of nitrogens with one attached hydrogen (secondary N) is 1. The first kappa shape index (κ1) is 15.1. The molecule has 2 rings (SSSR count). The van der Waals surface area contributed by atoms with Gasteiger partial charge in [-0.15, -0.1) is 0 Å². The van der Waals surface area contributed by atoms with Crippen LogP contribution in [-0.4, -0.2) is 14.7 Å². The van der Waals surface area contributed by atoms with E-state index in [1.165, 1.54) is 0 Å². The lowest BCUT2D eigenvalue weighted by molar-refractivity contribution is -0.384. The van der Waals surface area contributed by atoms with Gasteiger partial charge in [-0.1, -0.05) is 0 Å². The largest absolute Gasteiger partial charge is 0.466 e. The predicted molar refractivity (Wildman–Crippen MR) is 79.5 cm³/mol. The van der Waals surface area contributed by atoms with Gasteiger partial charge in [0.2, 0.25) is 5.82 Å². The topological polar surface area (TPSA) is 86.1 Å². The molecule has 0 aliphatic heterocycles. The van der Waals surface area contributed by atoms with Crippen molar-refractivity contribution >= 4 is 11.5 Å². The van der Waals surface area contributed by atoms with Crippen molar-refractivity contribution in [3.8, 4) is 0 Å². The van der Waals surface area contributed by atoms with Gasteiger partial charge in [0, 0.05) is 12.1 Å². The Bertz CT molecular complexity index is 672. The first-order chi connectivity index (χ1) is 9.85. The lowest BCUT2D eigenvalue weighted by Crippen LogP contribution is -2.12. The summed E-state index contributed by atoms with van der Waals surface area (Å²) in [5.41, 5.74) is 1.43. The fourth-order valence-corrected chi connectivity index (χ4v) is 2.53. The minimum Gasteiger partial charge on any atom is -0.466 e. The van der Waals surface area contributed by atoms with E-state index in [1.54, 1.807) is 11.6 Å². The molecule has 0 bridgehead atoms. The van der Waals surface area contributed by atoms with Crippen molar-refractivity contribution in [3.05, 3.63) is 39.0 Å². The molecule has 21 heavy (non-hydrogen) atoms. The maximum atomic E-state index is 11.3. The molecule has 1 N–H and O–H groups in total. The van der Waals surface area contributed by atoms with E-state index >= 15 is 0 Å². The lowest BCUT2D eigenvalue weighted by Gasteiger charge is -2.14. The van der Waals surface area contributed by atoms with Gasteiger partial charge in [0.15, 0.2) is 0 Å². The van der Waals surface area contributed by atoms with Crippen LogP contribution < -0.4 is 5.32 Å². The monoisotopic (exact) mass is 292 g/mol. The van der Waals surface area contributed by atoms with E-state index in [9.17, 15) is 10.1 Å². The van der Waals surface area contributed by atoms with Gasteiger partial charge in [-0.3, -0.25) is 10.1 Å². The zero-order valence-corrected chi connectivity index (χ0v) is 12.9. The van der Waals surface area contributed by atoms with E-state index in [0.717, 1.165) is 17.1 Å². The Morgan fingerprint density at radius 3 is 2.62 bits per heavy atom. The Balaban J connectivity index is 2.38. The maximum absolute atomic E-state index is 11.3. The summed E-state index contributed by atoms with van der Waals surface area (Å²) in [6.07, 6.45) is 0. The second-order valence-electron chi connectivity index (χ2n) is 5.09. The van der Waals surface area contributed by atoms with Crippen molar-refractivity contribution < 1.29 is 9.34 Å². The van der Waals surface area contributed by atoms with Gasteiger partial charge in [-0.2, -0.15) is 5.10 Å². The number of furan rings is 1. The third-order valence-electron chi connectivity index (χ3n) is 3.48. The molecule has 2 aromatic heterocycles. The van der Waals surface area contributed by atoms with E-state index in [2.05, 4.69) is 10.4 Å². The van der Waals surface area contributed by atoms with Crippen LogP contribution in [0.15, 0.2) is 10.5 Å². The Hall–Kier alpha value is -2.31. The summed E-state index contributed by atoms with van der Waals surface area (Å²) >= 11 is 0. The third-order valence-corrected chi connectivity index (χ3v) is 3.48. The van der Waals surface area contributed by atoms with E-state index in [-0.39, 0.29) is 11.7 Å². The molecule has 1 unspecified atom stereocenters. The van der Waals surface area contributed by atoms with E-state index < -0.39 is 4.92 Å². The zero-order chi connectivity index (χ0) is 15.7. The average molecular weight is 292 g/mol. The van der Waals surface area contributed by atoms with Crippen LogP contribution in [0, 0.1) is 30.9 Å². The van der Waals surface area contributed by atoms with Crippen molar-refractivity contribution in [2.24, 2.45) is 0 Å². The molecule has 0 aromatic carbocycles. The minimum atomic E-state index is -0.392. The highest BCUT2D eigenvalue weighted by Gasteiger charge is 2.26. The number of rotatable bonds is 5. The molecule has 0 aliphatic rings. The second-order valence-corrected chi connectivity index (χ2v) is 5.09. The summed E-state index contributed by atoms with van der Waals surface area (Å²) in [6, 6.07) is 1.83. The minimum absolute atomic E-state index is 0.0292. The van der Waals surface area contributed by atoms with Crippen LogP contribution in [0.5, 0.6) is 0 Å². The molecule has 0 spiro atoms. The van der Waals surface area contributed by atoms with Gasteiger partial charge >= 0.3 is 5.69 Å². The van der Waals surface area contributed by atoms with Crippen molar-refractivity contribution in [3.63, 3.8) is 0 Å². The third kappa shape index (κ3) is 2.76. The van der Waals surface area contributed by atoms with Gasteiger partial charge in [-0.05, 0) is 40.7 Å². The molecular formula is C14H20N4O3. The molecule has 7 nitrogen and oxygen atoms in total. The molecule has 0 aliphatic carbocycles. The second kappa shape index (κ2) is 5.59. The van der Waals surface area contributed by atoms with Gasteiger partial charge in [0.25, 0.3) is 0 Å². The number of anilines is 1. The quantitative estimate of drug-likeness (QED) is 0.673. The molecule has 0 amide bonds. The fraction of sp³-hybridized carbons (Fsp3) is 0.500. The van der Waals surface area contributed by atoms with Crippen LogP contribution >= 0.6 is 0 Å². The van der Waals surface area contributed by atoms with Crippen molar-refractivity contribution in [1.29, 1.82) is 0 Å². The first-order valence-electron chi connectivity index (χ1n) is 6.90. The van der Waals surface area contributed by atoms with Crippen LogP contribution in [0.4, 0.5) is 11.5 Å². The van der Waals surface area contributed by atoms with Gasteiger partial charge < -0.3 is 9.73 Å². The smallest absolute Gasteiger partial charge is 0.333 e. The first-order valence-corrected chi connectivity index (χ1v) is 6.90. The summed E-state index contributed by atoms with van der Waals surface area (Å²) in [6.45, 7) is 9.83. The summed E-state index contributed by atoms with van der Waals surface area (Å²) in [5.74, 6) is 2.08. The highest BCUT2D eigenvalue weighted by Crippen LogP contribution is 2.32. The van der Waals surface area contributed by atoms with Crippen molar-refractivity contribution in [1.82, 2.24) is 9.78 Å². The van der Waals surface area contributed by atoms with E-state index in [0.29, 0.717) is 18.1 Å². The molecule has 0 saturated heterocycles. The molecule has 7 heteroatoms. The number of hydrogen-bond donors (Lipinski definition) is 1. The normalized spacial score (nSPS) is 12.4. The van der Waals surface area contributed by atoms with Crippen LogP contribution in [0.25, 0.3) is 0 Å².